The first kappa shape index (κ1) is 14.2. The van der Waals surface area contributed by atoms with E-state index in [1.807, 2.05) is 0 Å². The molecule has 0 bridgehead atoms. The van der Waals surface area contributed by atoms with Crippen molar-refractivity contribution in [1.29, 1.82) is 0 Å². The maximum Gasteiger partial charge on any atom is 0.0456 e. The Hall–Kier alpha value is -1.17. The average molecular weight is 272 g/mol. The van der Waals surface area contributed by atoms with Crippen molar-refractivity contribution in [1.82, 2.24) is 0 Å². The van der Waals surface area contributed by atoms with Crippen LogP contribution >= 0.6 is 7.92 Å². The van der Waals surface area contributed by atoms with Crippen LogP contribution in [-0.4, -0.2) is 17.9 Å². The van der Waals surface area contributed by atoms with E-state index in [0.29, 0.717) is 5.92 Å². The van der Waals surface area contributed by atoms with E-state index in [0.717, 1.165) is 12.6 Å². The van der Waals surface area contributed by atoms with Crippen molar-refractivity contribution < 1.29 is 5.11 Å². The SMILES string of the molecule is CC(CO)CCP(c1ccccc1)c1ccccc1. The van der Waals surface area contributed by atoms with Crippen molar-refractivity contribution in [3.05, 3.63) is 60.7 Å². The molecule has 19 heavy (non-hydrogen) atoms. The number of rotatable bonds is 6. The molecule has 0 radical (unpaired) electrons. The third-order valence-electron chi connectivity index (χ3n) is 3.29. The molecule has 2 rings (SSSR count). The van der Waals surface area contributed by atoms with Gasteiger partial charge in [-0.2, -0.15) is 0 Å². The Bertz CT molecular complexity index is 430. The van der Waals surface area contributed by atoms with Gasteiger partial charge in [0.15, 0.2) is 0 Å². The molecule has 0 saturated carbocycles. The van der Waals surface area contributed by atoms with Crippen LogP contribution in [0.3, 0.4) is 0 Å². The van der Waals surface area contributed by atoms with Gasteiger partial charge in [-0.25, -0.2) is 0 Å². The highest BCUT2D eigenvalue weighted by molar-refractivity contribution is 7.73. The molecule has 1 nitrogen and oxygen atoms in total. The first-order valence-electron chi connectivity index (χ1n) is 6.79. The third kappa shape index (κ3) is 4.16. The summed E-state index contributed by atoms with van der Waals surface area (Å²) in [6, 6.07) is 21.5. The molecule has 1 unspecified atom stereocenters. The topological polar surface area (TPSA) is 20.2 Å². The zero-order valence-corrected chi connectivity index (χ0v) is 12.3. The quantitative estimate of drug-likeness (QED) is 0.801. The minimum atomic E-state index is -0.300. The van der Waals surface area contributed by atoms with Crippen LogP contribution in [0.15, 0.2) is 60.7 Å². The molecule has 0 fully saturated rings. The molecule has 0 aliphatic rings. The molecular formula is C17H21OP. The van der Waals surface area contributed by atoms with Crippen LogP contribution in [0.4, 0.5) is 0 Å². The number of aliphatic hydroxyl groups excluding tert-OH is 1. The van der Waals surface area contributed by atoms with Gasteiger partial charge in [-0.3, -0.25) is 0 Å². The molecule has 2 aromatic carbocycles. The van der Waals surface area contributed by atoms with Crippen molar-refractivity contribution in [2.45, 2.75) is 13.3 Å². The summed E-state index contributed by atoms with van der Waals surface area (Å²) in [6.07, 6.45) is 2.22. The summed E-state index contributed by atoms with van der Waals surface area (Å²) < 4.78 is 0. The normalized spacial score (nSPS) is 12.6. The summed E-state index contributed by atoms with van der Waals surface area (Å²) in [5.74, 6) is 0.387. The highest BCUT2D eigenvalue weighted by Gasteiger charge is 2.14. The average Bonchev–Trinajstić information content (AvgIpc) is 2.49. The van der Waals surface area contributed by atoms with Gasteiger partial charge in [-0.1, -0.05) is 67.6 Å². The Morgan fingerprint density at radius 1 is 0.895 bits per heavy atom. The van der Waals surface area contributed by atoms with Gasteiger partial charge in [0.2, 0.25) is 0 Å². The minimum absolute atomic E-state index is 0.284. The molecule has 2 heteroatoms. The Morgan fingerprint density at radius 3 is 1.79 bits per heavy atom. The monoisotopic (exact) mass is 272 g/mol. The molecular weight excluding hydrogens is 251 g/mol. The van der Waals surface area contributed by atoms with Crippen molar-refractivity contribution in [2.24, 2.45) is 5.92 Å². The zero-order chi connectivity index (χ0) is 13.5. The first-order valence-corrected chi connectivity index (χ1v) is 8.32. The zero-order valence-electron chi connectivity index (χ0n) is 11.4. The lowest BCUT2D eigenvalue weighted by molar-refractivity contribution is 0.235. The Kier molecular flexibility index (Phi) is 5.57. The van der Waals surface area contributed by atoms with E-state index in [4.69, 9.17) is 0 Å². The predicted molar refractivity (Wildman–Crippen MR) is 84.8 cm³/mol. The van der Waals surface area contributed by atoms with E-state index in [2.05, 4.69) is 67.6 Å². The summed E-state index contributed by atoms with van der Waals surface area (Å²) in [4.78, 5) is 0. The van der Waals surface area contributed by atoms with Gasteiger partial charge < -0.3 is 5.11 Å². The summed E-state index contributed by atoms with van der Waals surface area (Å²) in [7, 11) is -0.300. The summed E-state index contributed by atoms with van der Waals surface area (Å²) in [5.41, 5.74) is 0. The lowest BCUT2D eigenvalue weighted by Gasteiger charge is -2.20. The fourth-order valence-corrected chi connectivity index (χ4v) is 4.64. The van der Waals surface area contributed by atoms with E-state index in [1.54, 1.807) is 0 Å². The largest absolute Gasteiger partial charge is 0.396 e. The van der Waals surface area contributed by atoms with Crippen molar-refractivity contribution in [2.75, 3.05) is 12.8 Å². The van der Waals surface area contributed by atoms with Gasteiger partial charge in [-0.05, 0) is 37.0 Å². The van der Waals surface area contributed by atoms with Gasteiger partial charge in [0.05, 0.1) is 0 Å². The minimum Gasteiger partial charge on any atom is -0.396 e. The molecule has 0 spiro atoms. The molecule has 1 N–H and O–H groups in total. The Morgan fingerprint density at radius 2 is 1.37 bits per heavy atom. The molecule has 100 valence electrons. The fraction of sp³-hybridized carbons (Fsp3) is 0.294. The highest BCUT2D eigenvalue weighted by Crippen LogP contribution is 2.35. The van der Waals surface area contributed by atoms with Crippen molar-refractivity contribution in [3.8, 4) is 0 Å². The first-order chi connectivity index (χ1) is 9.31. The number of hydrogen-bond acceptors (Lipinski definition) is 1. The molecule has 0 heterocycles. The van der Waals surface area contributed by atoms with E-state index < -0.39 is 0 Å². The number of aliphatic hydroxyl groups is 1. The second-order valence-electron chi connectivity index (χ2n) is 4.90. The van der Waals surface area contributed by atoms with Gasteiger partial charge in [0.25, 0.3) is 0 Å². The standard InChI is InChI=1S/C17H21OP/c1-15(14-18)12-13-19(16-8-4-2-5-9-16)17-10-6-3-7-11-17/h2-11,15,18H,12-14H2,1H3. The van der Waals surface area contributed by atoms with Gasteiger partial charge in [0.1, 0.15) is 0 Å². The van der Waals surface area contributed by atoms with Crippen LogP contribution in [0.25, 0.3) is 0 Å². The van der Waals surface area contributed by atoms with Gasteiger partial charge >= 0.3 is 0 Å². The van der Waals surface area contributed by atoms with Crippen molar-refractivity contribution in [3.63, 3.8) is 0 Å². The van der Waals surface area contributed by atoms with E-state index in [9.17, 15) is 5.11 Å². The van der Waals surface area contributed by atoms with E-state index in [1.165, 1.54) is 10.6 Å². The summed E-state index contributed by atoms with van der Waals surface area (Å²) in [5, 5.41) is 12.0. The van der Waals surface area contributed by atoms with Crippen LogP contribution < -0.4 is 10.6 Å². The smallest absolute Gasteiger partial charge is 0.0456 e. The molecule has 2 aromatic rings. The van der Waals surface area contributed by atoms with E-state index in [-0.39, 0.29) is 14.5 Å². The molecule has 0 aliphatic heterocycles. The van der Waals surface area contributed by atoms with Crippen LogP contribution in [0.1, 0.15) is 13.3 Å². The lowest BCUT2D eigenvalue weighted by Crippen LogP contribution is -2.15. The maximum absolute atomic E-state index is 9.20. The fourth-order valence-electron chi connectivity index (χ4n) is 2.06. The van der Waals surface area contributed by atoms with Crippen LogP contribution in [0, 0.1) is 5.92 Å². The van der Waals surface area contributed by atoms with E-state index >= 15 is 0 Å². The predicted octanol–water partition coefficient (Wildman–Crippen LogP) is 3.14. The molecule has 0 aliphatic carbocycles. The highest BCUT2D eigenvalue weighted by atomic mass is 31.1. The lowest BCUT2D eigenvalue weighted by atomic mass is 10.1. The third-order valence-corrected chi connectivity index (χ3v) is 5.84. The van der Waals surface area contributed by atoms with Crippen molar-refractivity contribution >= 4 is 18.5 Å². The summed E-state index contributed by atoms with van der Waals surface area (Å²) in [6.45, 7) is 2.40. The molecule has 0 amide bonds. The maximum atomic E-state index is 9.20. The Labute approximate surface area is 117 Å². The second-order valence-corrected chi connectivity index (χ2v) is 7.24. The molecule has 1 atom stereocenters. The molecule has 0 saturated heterocycles. The molecule has 0 aromatic heterocycles. The van der Waals surface area contributed by atoms with Crippen LogP contribution in [0.5, 0.6) is 0 Å². The summed E-state index contributed by atoms with van der Waals surface area (Å²) >= 11 is 0. The van der Waals surface area contributed by atoms with Crippen LogP contribution in [0.2, 0.25) is 0 Å². The number of benzene rings is 2. The van der Waals surface area contributed by atoms with Gasteiger partial charge in [0, 0.05) is 6.61 Å². The van der Waals surface area contributed by atoms with Crippen LogP contribution in [-0.2, 0) is 0 Å². The van der Waals surface area contributed by atoms with Gasteiger partial charge in [-0.15, -0.1) is 0 Å². The second kappa shape index (κ2) is 7.43. The number of hydrogen-bond donors (Lipinski definition) is 1. The Balaban J connectivity index is 2.19.